The van der Waals surface area contributed by atoms with Gasteiger partial charge in [-0.1, -0.05) is 13.8 Å². The second-order valence-electron chi connectivity index (χ2n) is 3.72. The van der Waals surface area contributed by atoms with Crippen LogP contribution in [0, 0.1) is 5.92 Å². The third-order valence-electron chi connectivity index (χ3n) is 2.50. The highest BCUT2D eigenvalue weighted by molar-refractivity contribution is 4.68. The van der Waals surface area contributed by atoms with Crippen LogP contribution in [0.15, 0.2) is 0 Å². The van der Waals surface area contributed by atoms with Crippen molar-refractivity contribution in [2.45, 2.75) is 26.8 Å². The first-order valence-corrected chi connectivity index (χ1v) is 5.08. The molecule has 0 heterocycles. The minimum absolute atomic E-state index is 0.275. The van der Waals surface area contributed by atoms with Gasteiger partial charge in [0.05, 0.1) is 6.61 Å². The lowest BCUT2D eigenvalue weighted by Gasteiger charge is -2.25. The largest absolute Gasteiger partial charge is 0.383 e. The second kappa shape index (κ2) is 7.30. The summed E-state index contributed by atoms with van der Waals surface area (Å²) in [5.74, 6) is 0.553. The van der Waals surface area contributed by atoms with Crippen molar-refractivity contribution in [1.29, 1.82) is 0 Å². The van der Waals surface area contributed by atoms with Crippen LogP contribution in [0.2, 0.25) is 0 Å². The van der Waals surface area contributed by atoms with E-state index >= 15 is 0 Å². The van der Waals surface area contributed by atoms with Crippen molar-refractivity contribution >= 4 is 0 Å². The van der Waals surface area contributed by atoms with E-state index in [0.717, 1.165) is 26.2 Å². The average Bonchev–Trinajstić information content (AvgIpc) is 2.11. The van der Waals surface area contributed by atoms with E-state index in [1.54, 1.807) is 7.11 Å². The predicted molar refractivity (Wildman–Crippen MR) is 56.8 cm³/mol. The van der Waals surface area contributed by atoms with Gasteiger partial charge in [-0.25, -0.2) is 0 Å². The molecule has 2 atom stereocenters. The van der Waals surface area contributed by atoms with Crippen LogP contribution in [-0.4, -0.2) is 44.3 Å². The molecule has 0 aliphatic rings. The van der Waals surface area contributed by atoms with Gasteiger partial charge in [-0.05, 0) is 19.4 Å². The zero-order valence-electron chi connectivity index (χ0n) is 9.42. The number of ether oxygens (including phenoxy) is 1. The molecule has 2 N–H and O–H groups in total. The first kappa shape index (κ1) is 12.9. The molecule has 0 aromatic rings. The molecule has 0 radical (unpaired) electrons. The van der Waals surface area contributed by atoms with E-state index < -0.39 is 0 Å². The Balaban J connectivity index is 3.69. The Kier molecular flexibility index (Phi) is 7.23. The first-order valence-electron chi connectivity index (χ1n) is 5.08. The third kappa shape index (κ3) is 6.02. The number of nitrogens with two attached hydrogens (primary N) is 1. The van der Waals surface area contributed by atoms with Gasteiger partial charge in [-0.15, -0.1) is 0 Å². The van der Waals surface area contributed by atoms with Crippen LogP contribution in [0.25, 0.3) is 0 Å². The quantitative estimate of drug-likeness (QED) is 0.646. The summed E-state index contributed by atoms with van der Waals surface area (Å²) in [5.41, 5.74) is 5.81. The lowest BCUT2D eigenvalue weighted by molar-refractivity contribution is 0.139. The summed E-state index contributed by atoms with van der Waals surface area (Å²) in [4.78, 5) is 2.37. The molecule has 0 spiro atoms. The van der Waals surface area contributed by atoms with E-state index in [1.807, 2.05) is 0 Å². The Morgan fingerprint density at radius 2 is 2.00 bits per heavy atom. The summed E-state index contributed by atoms with van der Waals surface area (Å²) in [6, 6.07) is 0.275. The molecule has 0 aliphatic carbocycles. The Labute approximate surface area is 82.2 Å². The maximum atomic E-state index is 5.81. The van der Waals surface area contributed by atoms with Gasteiger partial charge < -0.3 is 15.4 Å². The fraction of sp³-hybridized carbons (Fsp3) is 1.00. The van der Waals surface area contributed by atoms with Crippen molar-refractivity contribution < 1.29 is 4.74 Å². The van der Waals surface area contributed by atoms with Gasteiger partial charge in [0.1, 0.15) is 0 Å². The summed E-state index contributed by atoms with van der Waals surface area (Å²) >= 11 is 0. The van der Waals surface area contributed by atoms with Crippen LogP contribution in [0.3, 0.4) is 0 Å². The van der Waals surface area contributed by atoms with Crippen molar-refractivity contribution in [3.05, 3.63) is 0 Å². The van der Waals surface area contributed by atoms with Crippen molar-refractivity contribution in [1.82, 2.24) is 4.90 Å². The normalized spacial score (nSPS) is 16.2. The van der Waals surface area contributed by atoms with Crippen LogP contribution in [0.5, 0.6) is 0 Å². The summed E-state index contributed by atoms with van der Waals surface area (Å²) in [6.45, 7) is 10.4. The minimum atomic E-state index is 0.275. The van der Waals surface area contributed by atoms with Crippen LogP contribution in [0.4, 0.5) is 0 Å². The number of methoxy groups -OCH3 is 1. The predicted octanol–water partition coefficient (Wildman–Crippen LogP) is 0.938. The number of hydrogen-bond donors (Lipinski definition) is 1. The molecule has 0 aromatic carbocycles. The molecule has 0 saturated heterocycles. The number of likely N-dealkylation sites (N-methyl/N-ethyl adjacent to an activating group) is 1. The number of nitrogens with zero attached hydrogens (tertiary/aromatic N) is 1. The molecule has 13 heavy (non-hydrogen) atoms. The topological polar surface area (TPSA) is 38.5 Å². The lowest BCUT2D eigenvalue weighted by Crippen LogP contribution is -2.37. The second-order valence-corrected chi connectivity index (χ2v) is 3.72. The molecule has 0 bridgehead atoms. The molecule has 3 heteroatoms. The minimum Gasteiger partial charge on any atom is -0.383 e. The summed E-state index contributed by atoms with van der Waals surface area (Å²) in [6.07, 6.45) is 0. The van der Waals surface area contributed by atoms with Gasteiger partial charge in [0.25, 0.3) is 0 Å². The van der Waals surface area contributed by atoms with Gasteiger partial charge in [0.2, 0.25) is 0 Å². The van der Waals surface area contributed by atoms with Gasteiger partial charge in [-0.3, -0.25) is 0 Å². The average molecular weight is 188 g/mol. The van der Waals surface area contributed by atoms with Crippen LogP contribution >= 0.6 is 0 Å². The van der Waals surface area contributed by atoms with Crippen molar-refractivity contribution in [3.63, 3.8) is 0 Å². The zero-order valence-corrected chi connectivity index (χ0v) is 9.42. The maximum Gasteiger partial charge on any atom is 0.0589 e. The highest BCUT2D eigenvalue weighted by Crippen LogP contribution is 2.03. The Morgan fingerprint density at radius 1 is 1.38 bits per heavy atom. The molecule has 0 saturated carbocycles. The van der Waals surface area contributed by atoms with E-state index in [9.17, 15) is 0 Å². The van der Waals surface area contributed by atoms with E-state index in [0.29, 0.717) is 5.92 Å². The number of hydrogen-bond acceptors (Lipinski definition) is 3. The van der Waals surface area contributed by atoms with Crippen LogP contribution in [-0.2, 0) is 4.74 Å². The van der Waals surface area contributed by atoms with Gasteiger partial charge in [-0.2, -0.15) is 0 Å². The molecule has 2 unspecified atom stereocenters. The van der Waals surface area contributed by atoms with Gasteiger partial charge >= 0.3 is 0 Å². The molecule has 0 aromatic heterocycles. The highest BCUT2D eigenvalue weighted by Gasteiger charge is 2.11. The van der Waals surface area contributed by atoms with E-state index in [1.165, 1.54) is 0 Å². The SMILES string of the molecule is CCN(CCOC)CC(C)C(C)N. The smallest absolute Gasteiger partial charge is 0.0589 e. The highest BCUT2D eigenvalue weighted by atomic mass is 16.5. The monoisotopic (exact) mass is 188 g/mol. The van der Waals surface area contributed by atoms with Crippen molar-refractivity contribution in [2.24, 2.45) is 11.7 Å². The molecule has 3 nitrogen and oxygen atoms in total. The Hall–Kier alpha value is -0.120. The first-order chi connectivity index (χ1) is 6.11. The standard InChI is InChI=1S/C10H24N2O/c1-5-12(6-7-13-4)8-9(2)10(3)11/h9-10H,5-8,11H2,1-4H3. The number of rotatable bonds is 7. The van der Waals surface area contributed by atoms with Crippen LogP contribution in [0.1, 0.15) is 20.8 Å². The Bertz CT molecular complexity index is 117. The molecular weight excluding hydrogens is 164 g/mol. The van der Waals surface area contributed by atoms with Crippen LogP contribution < -0.4 is 5.73 Å². The summed E-state index contributed by atoms with van der Waals surface area (Å²) < 4.78 is 5.04. The van der Waals surface area contributed by atoms with E-state index in [4.69, 9.17) is 10.5 Å². The van der Waals surface area contributed by atoms with E-state index in [-0.39, 0.29) is 6.04 Å². The fourth-order valence-electron chi connectivity index (χ4n) is 1.17. The summed E-state index contributed by atoms with van der Waals surface area (Å²) in [7, 11) is 1.74. The molecule has 0 rings (SSSR count). The molecule has 80 valence electrons. The molecular formula is C10H24N2O. The third-order valence-corrected chi connectivity index (χ3v) is 2.50. The van der Waals surface area contributed by atoms with Gasteiger partial charge in [0, 0.05) is 26.2 Å². The molecule has 0 amide bonds. The van der Waals surface area contributed by atoms with Crippen molar-refractivity contribution in [3.8, 4) is 0 Å². The Morgan fingerprint density at radius 3 is 2.38 bits per heavy atom. The van der Waals surface area contributed by atoms with Crippen molar-refractivity contribution in [2.75, 3.05) is 33.4 Å². The lowest BCUT2D eigenvalue weighted by atomic mass is 10.0. The van der Waals surface area contributed by atoms with Gasteiger partial charge in [0.15, 0.2) is 0 Å². The summed E-state index contributed by atoms with van der Waals surface area (Å²) in [5, 5.41) is 0. The zero-order chi connectivity index (χ0) is 10.3. The fourth-order valence-corrected chi connectivity index (χ4v) is 1.17. The maximum absolute atomic E-state index is 5.81. The molecule has 0 aliphatic heterocycles. The van der Waals surface area contributed by atoms with E-state index in [2.05, 4.69) is 25.7 Å². The molecule has 0 fully saturated rings.